The van der Waals surface area contributed by atoms with E-state index in [2.05, 4.69) is 15.3 Å². The van der Waals surface area contributed by atoms with Crippen LogP contribution in [-0.4, -0.2) is 39.8 Å². The van der Waals surface area contributed by atoms with Crippen molar-refractivity contribution in [3.05, 3.63) is 30.0 Å². The lowest BCUT2D eigenvalue weighted by Gasteiger charge is -2.26. The Labute approximate surface area is 150 Å². The quantitative estimate of drug-likeness (QED) is 0.885. The van der Waals surface area contributed by atoms with Gasteiger partial charge >= 0.3 is 0 Å². The molecule has 2 amide bonds. The number of fused-ring (bicyclic) bond motifs is 1. The van der Waals surface area contributed by atoms with Crippen LogP contribution in [0.5, 0.6) is 0 Å². The smallest absolute Gasteiger partial charge is 0.237 e. The minimum atomic E-state index is -0.137. The van der Waals surface area contributed by atoms with Crippen LogP contribution >= 0.6 is 0 Å². The average Bonchev–Trinajstić information content (AvgIpc) is 3.40. The van der Waals surface area contributed by atoms with E-state index in [9.17, 15) is 9.59 Å². The van der Waals surface area contributed by atoms with Gasteiger partial charge in [-0.05, 0) is 42.5 Å². The fourth-order valence-electron chi connectivity index (χ4n) is 3.26. The molecular weight excluding hydrogens is 330 g/mol. The standard InChI is InChI=1S/C19H19N5O2/c20-7-3-17(25)24-9-5-12(6-10-24)15-11-16(23-19(26)13-1-2-13)22-18-14(15)4-8-21-18/h4-5,8,11,13H,1-3,6,9-10H2,(H2,21,22,23,26). The lowest BCUT2D eigenvalue weighted by molar-refractivity contribution is -0.129. The second-order valence-corrected chi connectivity index (χ2v) is 6.71. The highest BCUT2D eigenvalue weighted by Gasteiger charge is 2.30. The maximum Gasteiger partial charge on any atom is 0.237 e. The molecule has 0 atom stereocenters. The number of carbonyl (C=O) groups is 2. The molecule has 2 aromatic heterocycles. The van der Waals surface area contributed by atoms with Gasteiger partial charge in [-0.2, -0.15) is 5.26 Å². The maximum absolute atomic E-state index is 12.1. The van der Waals surface area contributed by atoms with Crippen LogP contribution in [0.4, 0.5) is 5.82 Å². The molecule has 4 rings (SSSR count). The van der Waals surface area contributed by atoms with E-state index in [1.165, 1.54) is 0 Å². The molecule has 26 heavy (non-hydrogen) atoms. The third kappa shape index (κ3) is 3.18. The van der Waals surface area contributed by atoms with E-state index < -0.39 is 0 Å². The van der Waals surface area contributed by atoms with E-state index >= 15 is 0 Å². The molecular formula is C19H19N5O2. The summed E-state index contributed by atoms with van der Waals surface area (Å²) in [4.78, 5) is 33.2. The molecule has 0 bridgehead atoms. The summed E-state index contributed by atoms with van der Waals surface area (Å²) < 4.78 is 0. The van der Waals surface area contributed by atoms with Crippen molar-refractivity contribution in [3.63, 3.8) is 0 Å². The number of aromatic amines is 1. The van der Waals surface area contributed by atoms with E-state index in [1.807, 2.05) is 30.5 Å². The van der Waals surface area contributed by atoms with Crippen molar-refractivity contribution in [1.82, 2.24) is 14.9 Å². The first-order valence-corrected chi connectivity index (χ1v) is 8.79. The van der Waals surface area contributed by atoms with Gasteiger partial charge in [0.15, 0.2) is 0 Å². The van der Waals surface area contributed by atoms with Gasteiger partial charge in [0.1, 0.15) is 17.9 Å². The summed E-state index contributed by atoms with van der Waals surface area (Å²) in [5.74, 6) is 0.561. The number of aromatic nitrogens is 2. The molecule has 7 heteroatoms. The van der Waals surface area contributed by atoms with E-state index in [-0.39, 0.29) is 24.2 Å². The average molecular weight is 349 g/mol. The number of anilines is 1. The summed E-state index contributed by atoms with van der Waals surface area (Å²) in [5.41, 5.74) is 2.88. The van der Waals surface area contributed by atoms with Crippen LogP contribution in [0.15, 0.2) is 24.4 Å². The topological polar surface area (TPSA) is 102 Å². The van der Waals surface area contributed by atoms with E-state index in [0.717, 1.165) is 35.0 Å². The molecule has 0 unspecified atom stereocenters. The fourth-order valence-corrected chi connectivity index (χ4v) is 3.26. The Bertz CT molecular complexity index is 948. The Hall–Kier alpha value is -3.14. The number of hydrogen-bond acceptors (Lipinski definition) is 4. The molecule has 2 N–H and O–H groups in total. The van der Waals surface area contributed by atoms with Gasteiger partial charge in [0.05, 0.1) is 6.07 Å². The molecule has 7 nitrogen and oxygen atoms in total. The Kier molecular flexibility index (Phi) is 4.17. The summed E-state index contributed by atoms with van der Waals surface area (Å²) in [6, 6.07) is 5.79. The molecule has 0 radical (unpaired) electrons. The van der Waals surface area contributed by atoms with Crippen LogP contribution < -0.4 is 5.32 Å². The van der Waals surface area contributed by atoms with Crippen LogP contribution in [0.3, 0.4) is 0 Å². The molecule has 1 aliphatic carbocycles. The number of nitrogens with zero attached hydrogens (tertiary/aromatic N) is 3. The molecule has 0 spiro atoms. The number of hydrogen-bond donors (Lipinski definition) is 2. The number of carbonyl (C=O) groups excluding carboxylic acids is 2. The minimum absolute atomic E-state index is 0.0280. The van der Waals surface area contributed by atoms with E-state index in [0.29, 0.717) is 25.3 Å². The molecule has 2 aliphatic rings. The molecule has 1 aliphatic heterocycles. The van der Waals surface area contributed by atoms with Gasteiger partial charge < -0.3 is 15.2 Å². The largest absolute Gasteiger partial charge is 0.346 e. The lowest BCUT2D eigenvalue weighted by Crippen LogP contribution is -2.34. The van der Waals surface area contributed by atoms with Crippen LogP contribution in [0.25, 0.3) is 16.6 Å². The number of H-pyrrole nitrogens is 1. The van der Waals surface area contributed by atoms with Crippen molar-refractivity contribution < 1.29 is 9.59 Å². The number of amides is 2. The van der Waals surface area contributed by atoms with Gasteiger partial charge in [-0.1, -0.05) is 6.08 Å². The van der Waals surface area contributed by atoms with Gasteiger partial charge in [0, 0.05) is 30.6 Å². The van der Waals surface area contributed by atoms with Gasteiger partial charge in [-0.3, -0.25) is 9.59 Å². The zero-order chi connectivity index (χ0) is 18.1. The van der Waals surface area contributed by atoms with Gasteiger partial charge in [-0.15, -0.1) is 0 Å². The lowest BCUT2D eigenvalue weighted by atomic mass is 9.97. The third-order valence-electron chi connectivity index (χ3n) is 4.87. The predicted molar refractivity (Wildman–Crippen MR) is 96.9 cm³/mol. The van der Waals surface area contributed by atoms with Gasteiger partial charge in [0.25, 0.3) is 0 Å². The van der Waals surface area contributed by atoms with E-state index in [4.69, 9.17) is 5.26 Å². The first kappa shape index (κ1) is 16.3. The molecule has 132 valence electrons. The highest BCUT2D eigenvalue weighted by atomic mass is 16.2. The summed E-state index contributed by atoms with van der Waals surface area (Å²) >= 11 is 0. The molecule has 0 saturated heterocycles. The Morgan fingerprint density at radius 2 is 2.27 bits per heavy atom. The summed E-state index contributed by atoms with van der Waals surface area (Å²) in [6.45, 7) is 1.08. The fraction of sp³-hybridized carbons (Fsp3) is 0.368. The Morgan fingerprint density at radius 3 is 2.96 bits per heavy atom. The van der Waals surface area contributed by atoms with E-state index in [1.54, 1.807) is 4.90 Å². The summed E-state index contributed by atoms with van der Waals surface area (Å²) in [7, 11) is 0. The van der Waals surface area contributed by atoms with Gasteiger partial charge in [0.2, 0.25) is 11.8 Å². The highest BCUT2D eigenvalue weighted by molar-refractivity contribution is 5.97. The second-order valence-electron chi connectivity index (χ2n) is 6.71. The summed E-state index contributed by atoms with van der Waals surface area (Å²) in [5, 5.41) is 12.6. The number of rotatable bonds is 4. The second kappa shape index (κ2) is 6.64. The zero-order valence-corrected chi connectivity index (χ0v) is 14.3. The zero-order valence-electron chi connectivity index (χ0n) is 14.3. The molecule has 3 heterocycles. The Morgan fingerprint density at radius 1 is 1.42 bits per heavy atom. The monoisotopic (exact) mass is 349 g/mol. The number of nitriles is 1. The first-order valence-electron chi connectivity index (χ1n) is 8.79. The van der Waals surface area contributed by atoms with Crippen LogP contribution in [0.1, 0.15) is 31.2 Å². The molecule has 1 saturated carbocycles. The molecule has 2 aromatic rings. The van der Waals surface area contributed by atoms with Crippen molar-refractivity contribution in [2.24, 2.45) is 5.92 Å². The normalized spacial score (nSPS) is 16.9. The van der Waals surface area contributed by atoms with Crippen molar-refractivity contribution in [2.45, 2.75) is 25.7 Å². The SMILES string of the molecule is N#CCC(=O)N1CC=C(c2cc(NC(=O)C3CC3)nc3[nH]ccc23)CC1. The molecule has 0 aromatic carbocycles. The summed E-state index contributed by atoms with van der Waals surface area (Å²) in [6.07, 6.45) is 6.37. The third-order valence-corrected chi connectivity index (χ3v) is 4.87. The van der Waals surface area contributed by atoms with Crippen LogP contribution in [0.2, 0.25) is 0 Å². The van der Waals surface area contributed by atoms with Crippen molar-refractivity contribution in [2.75, 3.05) is 18.4 Å². The van der Waals surface area contributed by atoms with Crippen molar-refractivity contribution in [3.8, 4) is 6.07 Å². The van der Waals surface area contributed by atoms with Gasteiger partial charge in [-0.25, -0.2) is 4.98 Å². The predicted octanol–water partition coefficient (Wildman–Crippen LogP) is 2.44. The van der Waals surface area contributed by atoms with Crippen LogP contribution in [0, 0.1) is 17.2 Å². The Balaban J connectivity index is 1.61. The van der Waals surface area contributed by atoms with Crippen molar-refractivity contribution >= 4 is 34.2 Å². The number of pyridine rings is 1. The first-order chi connectivity index (χ1) is 12.7. The van der Waals surface area contributed by atoms with Crippen LogP contribution in [-0.2, 0) is 9.59 Å². The minimum Gasteiger partial charge on any atom is -0.346 e. The molecule has 1 fully saturated rings. The van der Waals surface area contributed by atoms with Crippen molar-refractivity contribution in [1.29, 1.82) is 5.26 Å². The maximum atomic E-state index is 12.1. The number of nitrogens with one attached hydrogen (secondary N) is 2. The highest BCUT2D eigenvalue weighted by Crippen LogP contribution is 2.33.